The molecule has 28 heavy (non-hydrogen) atoms. The first kappa shape index (κ1) is 21.9. The molecule has 0 aliphatic heterocycles. The first-order valence-electron chi connectivity index (χ1n) is 8.57. The lowest BCUT2D eigenvalue weighted by atomic mass is 10.2. The summed E-state index contributed by atoms with van der Waals surface area (Å²) in [7, 11) is -1.79. The van der Waals surface area contributed by atoms with E-state index < -0.39 is 10.0 Å². The van der Waals surface area contributed by atoms with E-state index in [9.17, 15) is 8.42 Å². The van der Waals surface area contributed by atoms with Crippen LogP contribution in [0.25, 0.3) is 11.5 Å². The molecule has 150 valence electrons. The Morgan fingerprint density at radius 2 is 1.71 bits per heavy atom. The van der Waals surface area contributed by atoms with E-state index in [4.69, 9.17) is 4.52 Å². The largest absolute Gasteiger partial charge is 0.334 e. The van der Waals surface area contributed by atoms with E-state index in [0.29, 0.717) is 29.4 Å². The second kappa shape index (κ2) is 9.18. The minimum atomic E-state index is -3.66. The molecule has 0 saturated carbocycles. The van der Waals surface area contributed by atoms with E-state index >= 15 is 0 Å². The van der Waals surface area contributed by atoms with Crippen molar-refractivity contribution in [2.45, 2.75) is 31.2 Å². The number of nitrogens with zero attached hydrogens (tertiary/aromatic N) is 2. The lowest BCUT2D eigenvalue weighted by Gasteiger charge is -2.08. The highest BCUT2D eigenvalue weighted by Gasteiger charge is 2.16. The van der Waals surface area contributed by atoms with E-state index in [0.717, 1.165) is 5.56 Å². The van der Waals surface area contributed by atoms with Crippen LogP contribution in [-0.4, -0.2) is 31.6 Å². The van der Waals surface area contributed by atoms with Crippen LogP contribution >= 0.6 is 12.4 Å². The maximum Gasteiger partial charge on any atom is 0.261 e. The highest BCUT2D eigenvalue weighted by atomic mass is 35.5. The minimum Gasteiger partial charge on any atom is -0.334 e. The molecule has 1 atom stereocenters. The fourth-order valence-corrected chi connectivity index (χ4v) is 3.50. The van der Waals surface area contributed by atoms with Gasteiger partial charge in [-0.1, -0.05) is 22.9 Å². The first-order chi connectivity index (χ1) is 12.9. The zero-order valence-electron chi connectivity index (χ0n) is 15.8. The molecular weight excluding hydrogens is 400 g/mol. The van der Waals surface area contributed by atoms with Crippen LogP contribution in [0.3, 0.4) is 0 Å². The fraction of sp³-hybridized carbons (Fsp3) is 0.263. The molecule has 0 spiro atoms. The number of rotatable bonds is 7. The van der Waals surface area contributed by atoms with Crippen molar-refractivity contribution >= 4 is 28.1 Å². The molecule has 7 nitrogen and oxygen atoms in total. The van der Waals surface area contributed by atoms with Crippen molar-refractivity contribution < 1.29 is 12.9 Å². The highest BCUT2D eigenvalue weighted by Crippen LogP contribution is 2.22. The zero-order chi connectivity index (χ0) is 19.4. The summed E-state index contributed by atoms with van der Waals surface area (Å²) in [5.41, 5.74) is 2.25. The normalized spacial score (nSPS) is 12.2. The van der Waals surface area contributed by atoms with E-state index in [1.54, 1.807) is 24.3 Å². The summed E-state index contributed by atoms with van der Waals surface area (Å²) < 4.78 is 32.9. The maximum atomic E-state index is 12.5. The van der Waals surface area contributed by atoms with Crippen molar-refractivity contribution in [2.24, 2.45) is 0 Å². The Morgan fingerprint density at radius 3 is 2.32 bits per heavy atom. The quantitative estimate of drug-likeness (QED) is 0.605. The van der Waals surface area contributed by atoms with Crippen LogP contribution < -0.4 is 10.0 Å². The Labute approximate surface area is 171 Å². The summed E-state index contributed by atoms with van der Waals surface area (Å²) in [4.78, 5) is 4.52. The van der Waals surface area contributed by atoms with Gasteiger partial charge in [0.05, 0.1) is 4.90 Å². The number of hydrogen-bond donors (Lipinski definition) is 2. The molecule has 2 N–H and O–H groups in total. The number of anilines is 1. The third-order valence-corrected chi connectivity index (χ3v) is 5.56. The Kier molecular flexibility index (Phi) is 7.17. The molecule has 0 aliphatic carbocycles. The van der Waals surface area contributed by atoms with Crippen LogP contribution in [0.5, 0.6) is 0 Å². The van der Waals surface area contributed by atoms with Gasteiger partial charge in [0.25, 0.3) is 15.9 Å². The van der Waals surface area contributed by atoms with E-state index in [1.165, 1.54) is 12.1 Å². The third kappa shape index (κ3) is 5.31. The molecule has 1 unspecified atom stereocenters. The minimum absolute atomic E-state index is 0. The smallest absolute Gasteiger partial charge is 0.261 e. The molecule has 1 aromatic heterocycles. The summed E-state index contributed by atoms with van der Waals surface area (Å²) in [5, 5.41) is 7.07. The molecular formula is C19H23ClN4O3S. The number of halogens is 1. The number of benzene rings is 2. The summed E-state index contributed by atoms with van der Waals surface area (Å²) in [6.45, 7) is 3.97. The van der Waals surface area contributed by atoms with Crippen LogP contribution in [0.2, 0.25) is 0 Å². The molecule has 3 rings (SSSR count). The van der Waals surface area contributed by atoms with Crippen LogP contribution in [0.15, 0.2) is 57.9 Å². The zero-order valence-corrected chi connectivity index (χ0v) is 17.5. The van der Waals surface area contributed by atoms with Crippen molar-refractivity contribution in [3.8, 4) is 11.5 Å². The van der Waals surface area contributed by atoms with Gasteiger partial charge in [-0.3, -0.25) is 4.72 Å². The molecule has 0 saturated heterocycles. The standard InChI is InChI=1S/C19H22N4O3S.ClH/c1-13-4-8-16(9-5-13)23-27(24,25)17-10-6-15(7-11-17)19-21-18(22-26-19)12-14(2)20-3;/h4-11,14,20,23H,12H2,1-3H3;1H. The average Bonchev–Trinajstić information content (AvgIpc) is 3.12. The fourth-order valence-electron chi connectivity index (χ4n) is 2.44. The molecule has 0 radical (unpaired) electrons. The van der Waals surface area contributed by atoms with E-state index in [-0.39, 0.29) is 23.3 Å². The van der Waals surface area contributed by atoms with Gasteiger partial charge in [0.2, 0.25) is 0 Å². The lowest BCUT2D eigenvalue weighted by molar-refractivity contribution is 0.418. The SMILES string of the molecule is CNC(C)Cc1noc(-c2ccc(S(=O)(=O)Nc3ccc(C)cc3)cc2)n1.Cl. The van der Waals surface area contributed by atoms with E-state index in [1.807, 2.05) is 33.0 Å². The topological polar surface area (TPSA) is 97.1 Å². The molecule has 2 aromatic carbocycles. The van der Waals surface area contributed by atoms with Gasteiger partial charge >= 0.3 is 0 Å². The van der Waals surface area contributed by atoms with Crippen molar-refractivity contribution in [3.63, 3.8) is 0 Å². The molecule has 0 bridgehead atoms. The number of aromatic nitrogens is 2. The van der Waals surface area contributed by atoms with Gasteiger partial charge in [-0.05, 0) is 57.3 Å². The van der Waals surface area contributed by atoms with Crippen LogP contribution in [0.1, 0.15) is 18.3 Å². The Balaban J connectivity index is 0.00000280. The van der Waals surface area contributed by atoms with Crippen LogP contribution in [0.4, 0.5) is 5.69 Å². The number of likely N-dealkylation sites (N-methyl/N-ethyl adjacent to an activating group) is 1. The molecule has 1 heterocycles. The average molecular weight is 423 g/mol. The highest BCUT2D eigenvalue weighted by molar-refractivity contribution is 7.92. The van der Waals surface area contributed by atoms with Crippen molar-refractivity contribution in [1.82, 2.24) is 15.5 Å². The summed E-state index contributed by atoms with van der Waals surface area (Å²) in [6.07, 6.45) is 0.646. The number of nitrogens with one attached hydrogen (secondary N) is 2. The number of hydrogen-bond acceptors (Lipinski definition) is 6. The van der Waals surface area contributed by atoms with Gasteiger partial charge in [-0.2, -0.15) is 4.98 Å². The van der Waals surface area contributed by atoms with Crippen LogP contribution in [0, 0.1) is 6.92 Å². The molecule has 0 amide bonds. The van der Waals surface area contributed by atoms with Crippen molar-refractivity contribution in [3.05, 3.63) is 59.9 Å². The van der Waals surface area contributed by atoms with Crippen molar-refractivity contribution in [2.75, 3.05) is 11.8 Å². The summed E-state index contributed by atoms with van der Waals surface area (Å²) >= 11 is 0. The number of aryl methyl sites for hydroxylation is 1. The van der Waals surface area contributed by atoms with Gasteiger partial charge in [0, 0.05) is 23.7 Å². The van der Waals surface area contributed by atoms with Gasteiger partial charge in [-0.15, -0.1) is 12.4 Å². The monoisotopic (exact) mass is 422 g/mol. The second-order valence-corrected chi connectivity index (χ2v) is 8.09. The van der Waals surface area contributed by atoms with Gasteiger partial charge < -0.3 is 9.84 Å². The van der Waals surface area contributed by atoms with Gasteiger partial charge in [-0.25, -0.2) is 8.42 Å². The lowest BCUT2D eigenvalue weighted by Crippen LogP contribution is -2.24. The second-order valence-electron chi connectivity index (χ2n) is 6.41. The van der Waals surface area contributed by atoms with Crippen LogP contribution in [-0.2, 0) is 16.4 Å². The Bertz CT molecular complexity index is 1000. The summed E-state index contributed by atoms with van der Waals surface area (Å²) in [5.74, 6) is 0.966. The third-order valence-electron chi connectivity index (χ3n) is 4.16. The van der Waals surface area contributed by atoms with Gasteiger partial charge in [0.1, 0.15) is 0 Å². The number of sulfonamides is 1. The molecule has 0 aliphatic rings. The summed E-state index contributed by atoms with van der Waals surface area (Å²) in [6, 6.07) is 13.7. The maximum absolute atomic E-state index is 12.5. The molecule has 0 fully saturated rings. The predicted octanol–water partition coefficient (Wildman–Crippen LogP) is 3.42. The molecule has 3 aromatic rings. The predicted molar refractivity (Wildman–Crippen MR) is 111 cm³/mol. The Morgan fingerprint density at radius 1 is 1.07 bits per heavy atom. The molecule has 9 heteroatoms. The Hall–Kier alpha value is -2.42. The van der Waals surface area contributed by atoms with Crippen molar-refractivity contribution in [1.29, 1.82) is 0 Å². The van der Waals surface area contributed by atoms with E-state index in [2.05, 4.69) is 20.2 Å². The van der Waals surface area contributed by atoms with Gasteiger partial charge in [0.15, 0.2) is 5.82 Å². The first-order valence-corrected chi connectivity index (χ1v) is 10.1.